The van der Waals surface area contributed by atoms with Crippen molar-refractivity contribution in [2.24, 2.45) is 10.7 Å². The van der Waals surface area contributed by atoms with Gasteiger partial charge in [0.2, 0.25) is 17.8 Å². The lowest BCUT2D eigenvalue weighted by atomic mass is 10.0. The number of hydrogen-bond acceptors (Lipinski definition) is 10. The highest BCUT2D eigenvalue weighted by molar-refractivity contribution is 7.90. The second-order valence-corrected chi connectivity index (χ2v) is 17.2. The molecule has 4 atom stereocenters. The van der Waals surface area contributed by atoms with E-state index >= 15 is 0 Å². The number of nitrogens with zero attached hydrogens (tertiary/aromatic N) is 3. The molecule has 1 aliphatic rings. The van der Waals surface area contributed by atoms with E-state index in [0.29, 0.717) is 36.3 Å². The van der Waals surface area contributed by atoms with Gasteiger partial charge in [0.25, 0.3) is 10.0 Å². The average Bonchev–Trinajstić information content (AvgIpc) is 3.80. The highest BCUT2D eigenvalue weighted by Gasteiger charge is 2.39. The topological polar surface area (TPSA) is 205 Å². The number of aliphatic hydroxyl groups is 1. The summed E-state index contributed by atoms with van der Waals surface area (Å²) >= 11 is 1.31. The number of fused-ring (bicyclic) bond motifs is 1. The minimum atomic E-state index is -3.94. The monoisotopic (exact) mass is 791 g/mol. The van der Waals surface area contributed by atoms with Gasteiger partial charge in [0, 0.05) is 19.5 Å². The number of alkyl carbamates (subject to hydrolysis) is 1. The third kappa shape index (κ3) is 11.5. The molecule has 0 aliphatic carbocycles. The second-order valence-electron chi connectivity index (χ2n) is 14.5. The molecule has 5 rings (SSSR count). The van der Waals surface area contributed by atoms with Crippen LogP contribution in [-0.2, 0) is 30.8 Å². The first-order valence-corrected chi connectivity index (χ1v) is 20.5. The van der Waals surface area contributed by atoms with E-state index in [1.54, 1.807) is 32.9 Å². The van der Waals surface area contributed by atoms with Gasteiger partial charge in [-0.3, -0.25) is 14.6 Å². The molecule has 0 spiro atoms. The first-order chi connectivity index (χ1) is 26.1. The van der Waals surface area contributed by atoms with Gasteiger partial charge in [-0.2, -0.15) is 0 Å². The molecule has 1 saturated heterocycles. The van der Waals surface area contributed by atoms with Crippen molar-refractivity contribution in [2.75, 3.05) is 13.1 Å². The number of carbonyl (C=O) groups excluding carboxylic acids is 3. The average molecular weight is 792 g/mol. The first kappa shape index (κ1) is 41.1. The number of ether oxygens (including phenoxy) is 1. The Morgan fingerprint density at radius 2 is 1.73 bits per heavy atom. The summed E-state index contributed by atoms with van der Waals surface area (Å²) in [5, 5.41) is 17.7. The van der Waals surface area contributed by atoms with Crippen LogP contribution in [0.25, 0.3) is 10.2 Å². The van der Waals surface area contributed by atoms with Crippen LogP contribution in [0.3, 0.4) is 0 Å². The zero-order chi connectivity index (χ0) is 39.8. The van der Waals surface area contributed by atoms with Gasteiger partial charge < -0.3 is 31.1 Å². The van der Waals surface area contributed by atoms with E-state index in [2.05, 4.69) is 25.3 Å². The molecule has 1 aliphatic heterocycles. The smallest absolute Gasteiger partial charge is 0.408 e. The number of nitrogens with one attached hydrogen (secondary N) is 3. The Balaban J connectivity index is 1.30. The van der Waals surface area contributed by atoms with Crippen molar-refractivity contribution in [3.05, 3.63) is 95.0 Å². The molecule has 3 aromatic carbocycles. The zero-order valence-corrected chi connectivity index (χ0v) is 33.0. The number of hydrogen-bond donors (Lipinski definition) is 5. The van der Waals surface area contributed by atoms with Gasteiger partial charge in [-0.15, -0.1) is 11.3 Å². The number of amides is 3. The van der Waals surface area contributed by atoms with Crippen molar-refractivity contribution in [2.45, 2.75) is 94.5 Å². The molecule has 16 heteroatoms. The number of thiazole rings is 1. The number of aliphatic hydroxyl groups excluding tert-OH is 1. The van der Waals surface area contributed by atoms with E-state index in [-0.39, 0.29) is 30.2 Å². The highest BCUT2D eigenvalue weighted by atomic mass is 32.2. The lowest BCUT2D eigenvalue weighted by molar-refractivity contribution is -0.140. The fourth-order valence-electron chi connectivity index (χ4n) is 6.24. The van der Waals surface area contributed by atoms with E-state index < -0.39 is 57.8 Å². The van der Waals surface area contributed by atoms with Crippen molar-refractivity contribution < 1.29 is 32.6 Å². The standard InChI is InChI=1S/C39H49N7O7S2/c1-25-18-20-27(21-19-25)55(51,52)45-37(40)41-22-10-15-29(33(47)35-43-28-14-8-9-17-32(28)54-35)42-34(48)31-16-11-23-46(31)36(49)30(24-26-12-6-5-7-13-26)44-38(50)53-39(2,3)4/h5-9,12-14,17-21,29-31,33,47H,10-11,15-16,22-24H2,1-4H3,(H,42,48)(H,44,50)(H3,40,41,45)/t29-,30+,31-,33?/m0/s1. The van der Waals surface area contributed by atoms with Gasteiger partial charge >= 0.3 is 6.09 Å². The third-order valence-corrected chi connectivity index (χ3v) is 11.4. The number of aliphatic imine (C=N–C) groups is 1. The van der Waals surface area contributed by atoms with Crippen LogP contribution in [0.2, 0.25) is 0 Å². The predicted molar refractivity (Wildman–Crippen MR) is 212 cm³/mol. The summed E-state index contributed by atoms with van der Waals surface area (Å²) in [7, 11) is -3.94. The number of carbonyl (C=O) groups is 3. The summed E-state index contributed by atoms with van der Waals surface area (Å²) in [6.07, 6.45) is -0.276. The molecular weight excluding hydrogens is 743 g/mol. The maximum atomic E-state index is 14.1. The number of guanidine groups is 1. The zero-order valence-electron chi connectivity index (χ0n) is 31.4. The Labute approximate surface area is 325 Å². The van der Waals surface area contributed by atoms with Crippen LogP contribution in [0.15, 0.2) is 88.8 Å². The van der Waals surface area contributed by atoms with Gasteiger partial charge in [-0.05, 0) is 83.2 Å². The van der Waals surface area contributed by atoms with Crippen LogP contribution in [0.4, 0.5) is 4.79 Å². The summed E-state index contributed by atoms with van der Waals surface area (Å²) in [6.45, 7) is 7.44. The molecule has 0 radical (unpaired) electrons. The Kier molecular flexibility index (Phi) is 13.5. The lowest BCUT2D eigenvalue weighted by Crippen LogP contribution is -2.56. The largest absolute Gasteiger partial charge is 0.444 e. The van der Waals surface area contributed by atoms with Gasteiger partial charge in [0.15, 0.2) is 0 Å². The number of nitrogens with two attached hydrogens (primary N) is 1. The van der Waals surface area contributed by atoms with Crippen LogP contribution in [0.1, 0.15) is 68.7 Å². The Hall–Kier alpha value is -5.06. The van der Waals surface area contributed by atoms with Crippen molar-refractivity contribution >= 4 is 55.4 Å². The maximum Gasteiger partial charge on any atom is 0.408 e. The molecule has 1 aromatic heterocycles. The number of sulfonamides is 1. The third-order valence-electron chi connectivity index (χ3n) is 8.91. The Morgan fingerprint density at radius 3 is 2.42 bits per heavy atom. The fraction of sp³-hybridized carbons (Fsp3) is 0.410. The quantitative estimate of drug-likeness (QED) is 0.0700. The van der Waals surface area contributed by atoms with E-state index in [1.807, 2.05) is 61.5 Å². The first-order valence-electron chi connectivity index (χ1n) is 18.2. The molecule has 0 saturated carbocycles. The molecule has 6 N–H and O–H groups in total. The number of aryl methyl sites for hydroxylation is 1. The summed E-state index contributed by atoms with van der Waals surface area (Å²) in [5.74, 6) is -1.17. The van der Waals surface area contributed by atoms with Crippen molar-refractivity contribution in [1.29, 1.82) is 0 Å². The van der Waals surface area contributed by atoms with Crippen LogP contribution in [-0.4, -0.2) is 84.1 Å². The van der Waals surface area contributed by atoms with E-state index in [9.17, 15) is 27.9 Å². The van der Waals surface area contributed by atoms with E-state index in [0.717, 1.165) is 15.8 Å². The SMILES string of the molecule is Cc1ccc(S(=O)(=O)NC(N)=NCCC[C@H](NC(=O)[C@@H]2CCCN2C(=O)[C@@H](Cc2ccccc2)NC(=O)OC(C)(C)C)C(O)c2nc3ccccc3s2)cc1. The van der Waals surface area contributed by atoms with Crippen molar-refractivity contribution in [3.8, 4) is 0 Å². The lowest BCUT2D eigenvalue weighted by Gasteiger charge is -2.31. The molecule has 3 amide bonds. The fourth-order valence-corrected chi connectivity index (χ4v) is 8.21. The molecular formula is C39H49N7O7S2. The molecule has 1 fully saturated rings. The van der Waals surface area contributed by atoms with Gasteiger partial charge in [0.1, 0.15) is 28.8 Å². The minimum absolute atomic E-state index is 0.0458. The Morgan fingerprint density at radius 1 is 1.04 bits per heavy atom. The minimum Gasteiger partial charge on any atom is -0.444 e. The molecule has 0 bridgehead atoms. The number of rotatable bonds is 14. The molecule has 4 aromatic rings. The van der Waals surface area contributed by atoms with Crippen molar-refractivity contribution in [3.63, 3.8) is 0 Å². The maximum absolute atomic E-state index is 14.1. The number of aromatic nitrogens is 1. The Bertz CT molecular complexity index is 2050. The summed E-state index contributed by atoms with van der Waals surface area (Å²) < 4.78 is 34.1. The molecule has 2 heterocycles. The molecule has 294 valence electrons. The molecule has 14 nitrogen and oxygen atoms in total. The summed E-state index contributed by atoms with van der Waals surface area (Å²) in [6, 6.07) is 20.3. The second kappa shape index (κ2) is 18.0. The van der Waals surface area contributed by atoms with Gasteiger partial charge in [0.05, 0.1) is 21.2 Å². The predicted octanol–water partition coefficient (Wildman–Crippen LogP) is 4.32. The summed E-state index contributed by atoms with van der Waals surface area (Å²) in [5.41, 5.74) is 7.59. The van der Waals surface area contributed by atoms with Crippen molar-refractivity contribution in [1.82, 2.24) is 25.2 Å². The number of benzene rings is 3. The molecule has 1 unspecified atom stereocenters. The van der Waals surface area contributed by atoms with E-state index in [1.165, 1.54) is 28.4 Å². The highest BCUT2D eigenvalue weighted by Crippen LogP contribution is 2.30. The normalized spacial score (nSPS) is 16.6. The van der Waals surface area contributed by atoms with E-state index in [4.69, 9.17) is 10.5 Å². The number of likely N-dealkylation sites (tertiary alicyclic amines) is 1. The van der Waals surface area contributed by atoms with Crippen LogP contribution in [0, 0.1) is 6.92 Å². The van der Waals surface area contributed by atoms with Crippen LogP contribution >= 0.6 is 11.3 Å². The van der Waals surface area contributed by atoms with Crippen LogP contribution < -0.4 is 21.1 Å². The van der Waals surface area contributed by atoms with Gasteiger partial charge in [-0.25, -0.2) is 22.9 Å². The van der Waals surface area contributed by atoms with Crippen LogP contribution in [0.5, 0.6) is 0 Å². The summed E-state index contributed by atoms with van der Waals surface area (Å²) in [4.78, 5) is 51.4. The van der Waals surface area contributed by atoms with Gasteiger partial charge in [-0.1, -0.05) is 60.2 Å². The number of para-hydroxylation sites is 1. The molecule has 55 heavy (non-hydrogen) atoms.